The normalized spacial score (nSPS) is 8.40. The lowest BCUT2D eigenvalue weighted by molar-refractivity contribution is 0.111. The van der Waals surface area contributed by atoms with E-state index in [9.17, 15) is 9.59 Å². The van der Waals surface area contributed by atoms with Crippen molar-refractivity contribution < 1.29 is 9.59 Å². The van der Waals surface area contributed by atoms with Crippen molar-refractivity contribution in [3.05, 3.63) is 69.7 Å². The molecule has 0 spiro atoms. The zero-order valence-electron chi connectivity index (χ0n) is 11.3. The summed E-state index contributed by atoms with van der Waals surface area (Å²) in [6.45, 7) is 4.00. The van der Waals surface area contributed by atoms with Gasteiger partial charge in [-0.05, 0) is 12.1 Å². The van der Waals surface area contributed by atoms with Crippen LogP contribution in [0.2, 0.25) is 10.0 Å². The summed E-state index contributed by atoms with van der Waals surface area (Å²) in [4.78, 5) is 20.3. The first-order valence-corrected chi connectivity index (χ1v) is 6.84. The van der Waals surface area contributed by atoms with Crippen LogP contribution in [-0.2, 0) is 0 Å². The molecule has 0 unspecified atom stereocenters. The maximum absolute atomic E-state index is 10.1. The first kappa shape index (κ1) is 18.4. The minimum atomic E-state index is 0.507. The summed E-state index contributed by atoms with van der Waals surface area (Å²) in [5, 5.41) is 1.01. The van der Waals surface area contributed by atoms with Gasteiger partial charge in [0.25, 0.3) is 0 Å². The topological polar surface area (TPSA) is 34.1 Å². The summed E-state index contributed by atoms with van der Waals surface area (Å²) in [5.41, 5.74) is 1.08. The van der Waals surface area contributed by atoms with Gasteiger partial charge in [-0.1, -0.05) is 73.4 Å². The summed E-state index contributed by atoms with van der Waals surface area (Å²) in [7, 11) is 0. The van der Waals surface area contributed by atoms with Crippen LogP contribution >= 0.6 is 23.2 Å². The van der Waals surface area contributed by atoms with E-state index in [2.05, 4.69) is 0 Å². The van der Waals surface area contributed by atoms with E-state index in [1.54, 1.807) is 48.5 Å². The Bertz CT molecular complexity index is 490. The quantitative estimate of drug-likeness (QED) is 0.702. The predicted octanol–water partition coefficient (Wildman–Crippen LogP) is 5.33. The Morgan fingerprint density at radius 3 is 1.20 bits per heavy atom. The standard InChI is InChI=1S/2C7H5ClO.C2H6/c2*8-7-4-2-1-3-6(7)5-9;1-2/h2*1-5H;1-2H3. The molecular weight excluding hydrogens is 295 g/mol. The second-order valence-corrected chi connectivity index (χ2v) is 4.09. The molecular formula is C16H16Cl2O2. The van der Waals surface area contributed by atoms with Crippen LogP contribution in [0.4, 0.5) is 0 Å². The molecule has 0 atom stereocenters. The molecule has 2 aromatic carbocycles. The van der Waals surface area contributed by atoms with Crippen LogP contribution in [-0.4, -0.2) is 12.6 Å². The summed E-state index contributed by atoms with van der Waals surface area (Å²) >= 11 is 11.2. The molecule has 0 fully saturated rings. The number of rotatable bonds is 2. The van der Waals surface area contributed by atoms with E-state index in [0.717, 1.165) is 12.6 Å². The highest BCUT2D eigenvalue weighted by molar-refractivity contribution is 6.33. The minimum absolute atomic E-state index is 0.507. The van der Waals surface area contributed by atoms with E-state index >= 15 is 0 Å². The van der Waals surface area contributed by atoms with Crippen molar-refractivity contribution >= 4 is 35.8 Å². The van der Waals surface area contributed by atoms with Crippen LogP contribution < -0.4 is 0 Å². The molecule has 0 N–H and O–H groups in total. The molecule has 106 valence electrons. The summed E-state index contributed by atoms with van der Waals surface area (Å²) in [6, 6.07) is 13.8. The van der Waals surface area contributed by atoms with Crippen LogP contribution in [0.5, 0.6) is 0 Å². The molecule has 2 aromatic rings. The Kier molecular flexibility index (Phi) is 10.3. The van der Waals surface area contributed by atoms with Crippen molar-refractivity contribution in [1.82, 2.24) is 0 Å². The zero-order chi connectivity index (χ0) is 15.4. The van der Waals surface area contributed by atoms with Crippen molar-refractivity contribution in [3.8, 4) is 0 Å². The van der Waals surface area contributed by atoms with Crippen molar-refractivity contribution in [3.63, 3.8) is 0 Å². The highest BCUT2D eigenvalue weighted by atomic mass is 35.5. The third-order valence-corrected chi connectivity index (χ3v) is 2.75. The molecule has 0 aromatic heterocycles. The lowest BCUT2D eigenvalue weighted by atomic mass is 10.2. The van der Waals surface area contributed by atoms with E-state index in [1.807, 2.05) is 13.8 Å². The second-order valence-electron chi connectivity index (χ2n) is 3.28. The Labute approximate surface area is 129 Å². The third kappa shape index (κ3) is 6.50. The maximum Gasteiger partial charge on any atom is 0.151 e. The van der Waals surface area contributed by atoms with Crippen LogP contribution in [0.25, 0.3) is 0 Å². The SMILES string of the molecule is CC.O=Cc1ccccc1Cl.O=Cc1ccccc1Cl. The highest BCUT2D eigenvalue weighted by Crippen LogP contribution is 2.12. The Morgan fingerprint density at radius 2 is 1.00 bits per heavy atom. The average molecular weight is 311 g/mol. The van der Waals surface area contributed by atoms with Gasteiger partial charge in [-0.25, -0.2) is 0 Å². The van der Waals surface area contributed by atoms with Crippen molar-refractivity contribution in [2.24, 2.45) is 0 Å². The van der Waals surface area contributed by atoms with Gasteiger partial charge in [0.1, 0.15) is 0 Å². The lowest BCUT2D eigenvalue weighted by Gasteiger charge is -1.90. The molecule has 2 rings (SSSR count). The third-order valence-electron chi connectivity index (χ3n) is 2.06. The fourth-order valence-corrected chi connectivity index (χ4v) is 1.50. The van der Waals surface area contributed by atoms with Gasteiger partial charge in [0.2, 0.25) is 0 Å². The number of carbonyl (C=O) groups is 2. The fraction of sp³-hybridized carbons (Fsp3) is 0.125. The largest absolute Gasteiger partial charge is 0.298 e. The first-order chi connectivity index (χ1) is 9.69. The van der Waals surface area contributed by atoms with Gasteiger partial charge in [-0.3, -0.25) is 9.59 Å². The average Bonchev–Trinajstić information content (AvgIpc) is 2.51. The zero-order valence-corrected chi connectivity index (χ0v) is 12.9. The number of aldehydes is 2. The predicted molar refractivity (Wildman–Crippen MR) is 85.0 cm³/mol. The molecule has 0 bridgehead atoms. The van der Waals surface area contributed by atoms with E-state index in [-0.39, 0.29) is 0 Å². The Hall–Kier alpha value is -1.64. The number of hydrogen-bond acceptors (Lipinski definition) is 2. The van der Waals surface area contributed by atoms with Crippen molar-refractivity contribution in [2.75, 3.05) is 0 Å². The van der Waals surface area contributed by atoms with Crippen LogP contribution in [0.1, 0.15) is 34.6 Å². The molecule has 20 heavy (non-hydrogen) atoms. The number of halogens is 2. The molecule has 0 saturated carbocycles. The summed E-state index contributed by atoms with van der Waals surface area (Å²) in [5.74, 6) is 0. The molecule has 0 aliphatic rings. The maximum atomic E-state index is 10.1. The molecule has 0 aliphatic heterocycles. The van der Waals surface area contributed by atoms with Crippen LogP contribution in [0.15, 0.2) is 48.5 Å². The van der Waals surface area contributed by atoms with Crippen molar-refractivity contribution in [1.29, 1.82) is 0 Å². The van der Waals surface area contributed by atoms with Gasteiger partial charge in [0.15, 0.2) is 12.6 Å². The van der Waals surface area contributed by atoms with Gasteiger partial charge in [-0.15, -0.1) is 0 Å². The number of carbonyl (C=O) groups excluding carboxylic acids is 2. The summed E-state index contributed by atoms with van der Waals surface area (Å²) in [6.07, 6.45) is 1.48. The van der Waals surface area contributed by atoms with Gasteiger partial charge in [-0.2, -0.15) is 0 Å². The number of hydrogen-bond donors (Lipinski definition) is 0. The second kappa shape index (κ2) is 11.2. The molecule has 4 heteroatoms. The Morgan fingerprint density at radius 1 is 0.700 bits per heavy atom. The Balaban J connectivity index is 0.000000321. The van der Waals surface area contributed by atoms with Crippen molar-refractivity contribution in [2.45, 2.75) is 13.8 Å². The molecule has 0 aliphatic carbocycles. The van der Waals surface area contributed by atoms with E-state index in [0.29, 0.717) is 21.2 Å². The van der Waals surface area contributed by atoms with Gasteiger partial charge >= 0.3 is 0 Å². The van der Waals surface area contributed by atoms with E-state index in [4.69, 9.17) is 23.2 Å². The fourth-order valence-electron chi connectivity index (χ4n) is 1.14. The summed E-state index contributed by atoms with van der Waals surface area (Å²) < 4.78 is 0. The van der Waals surface area contributed by atoms with Gasteiger partial charge in [0.05, 0.1) is 10.0 Å². The molecule has 0 heterocycles. The van der Waals surface area contributed by atoms with E-state index < -0.39 is 0 Å². The van der Waals surface area contributed by atoms with E-state index in [1.165, 1.54) is 0 Å². The monoisotopic (exact) mass is 310 g/mol. The van der Waals surface area contributed by atoms with Crippen LogP contribution in [0.3, 0.4) is 0 Å². The molecule has 0 radical (unpaired) electrons. The van der Waals surface area contributed by atoms with Gasteiger partial charge < -0.3 is 0 Å². The smallest absolute Gasteiger partial charge is 0.151 e. The van der Waals surface area contributed by atoms with Crippen LogP contribution in [0, 0.1) is 0 Å². The first-order valence-electron chi connectivity index (χ1n) is 6.08. The number of benzene rings is 2. The highest BCUT2D eigenvalue weighted by Gasteiger charge is 1.93. The molecule has 0 amide bonds. The van der Waals surface area contributed by atoms with Gasteiger partial charge in [0, 0.05) is 11.1 Å². The minimum Gasteiger partial charge on any atom is -0.298 e. The lowest BCUT2D eigenvalue weighted by Crippen LogP contribution is -1.77. The molecule has 0 saturated heterocycles. The molecule has 2 nitrogen and oxygen atoms in total.